The summed E-state index contributed by atoms with van der Waals surface area (Å²) < 4.78 is 23.6. The van der Waals surface area contributed by atoms with Crippen LogP contribution in [0.25, 0.3) is 5.57 Å². The van der Waals surface area contributed by atoms with Crippen molar-refractivity contribution in [3.8, 4) is 5.75 Å². The largest absolute Gasteiger partial charge is 0.491 e. The first kappa shape index (κ1) is 11.6. The second kappa shape index (κ2) is 4.99. The summed E-state index contributed by atoms with van der Waals surface area (Å²) in [4.78, 5) is 11.3. The van der Waals surface area contributed by atoms with Crippen LogP contribution in [0, 0.1) is 5.82 Å². The summed E-state index contributed by atoms with van der Waals surface area (Å²) in [5, 5.41) is 0. The van der Waals surface area contributed by atoms with E-state index >= 15 is 0 Å². The van der Waals surface area contributed by atoms with Crippen molar-refractivity contribution in [1.29, 1.82) is 0 Å². The molecule has 3 nitrogen and oxygen atoms in total. The molecule has 0 saturated carbocycles. The Morgan fingerprint density at radius 1 is 1.47 bits per heavy atom. The Labute approximate surface area is 98.8 Å². The fourth-order valence-electron chi connectivity index (χ4n) is 1.59. The van der Waals surface area contributed by atoms with Crippen LogP contribution in [0.4, 0.5) is 4.39 Å². The summed E-state index contributed by atoms with van der Waals surface area (Å²) in [6.07, 6.45) is 2.46. The second-order valence-electron chi connectivity index (χ2n) is 3.71. The number of rotatable bonds is 4. The van der Waals surface area contributed by atoms with Gasteiger partial charge in [0.2, 0.25) is 0 Å². The van der Waals surface area contributed by atoms with Crippen molar-refractivity contribution in [2.75, 3.05) is 13.2 Å². The molecule has 0 N–H and O–H groups in total. The number of hydrogen-bond donors (Lipinski definition) is 0. The quantitative estimate of drug-likeness (QED) is 0.754. The van der Waals surface area contributed by atoms with E-state index in [2.05, 4.69) is 0 Å². The number of carbonyl (C=O) groups is 1. The van der Waals surface area contributed by atoms with Crippen LogP contribution >= 0.6 is 0 Å². The van der Waals surface area contributed by atoms with Gasteiger partial charge in [0, 0.05) is 0 Å². The van der Waals surface area contributed by atoms with Crippen molar-refractivity contribution < 1.29 is 18.7 Å². The molecule has 0 unspecified atom stereocenters. The maximum atomic E-state index is 13.6. The third kappa shape index (κ3) is 2.46. The Morgan fingerprint density at radius 3 is 2.88 bits per heavy atom. The third-order valence-electron chi connectivity index (χ3n) is 2.43. The molecule has 0 radical (unpaired) electrons. The molecule has 0 spiro atoms. The standard InChI is InChI=1S/C13H13FO3/c1-2-6-16-12-4-3-9(8-11(12)14)10-5-7-17-13(10)15/h3-5,8H,2,6-7H2,1H3. The molecule has 1 aliphatic rings. The van der Waals surface area contributed by atoms with Gasteiger partial charge in [0.1, 0.15) is 6.61 Å². The monoisotopic (exact) mass is 236 g/mol. The minimum absolute atomic E-state index is 0.211. The summed E-state index contributed by atoms with van der Waals surface area (Å²) in [6.45, 7) is 2.68. The number of cyclic esters (lactones) is 1. The summed E-state index contributed by atoms with van der Waals surface area (Å²) in [6, 6.07) is 4.49. The van der Waals surface area contributed by atoms with Crippen molar-refractivity contribution in [1.82, 2.24) is 0 Å². The van der Waals surface area contributed by atoms with E-state index in [-0.39, 0.29) is 12.4 Å². The highest BCUT2D eigenvalue weighted by molar-refractivity contribution is 6.18. The van der Waals surface area contributed by atoms with Gasteiger partial charge in [0.15, 0.2) is 11.6 Å². The van der Waals surface area contributed by atoms with Gasteiger partial charge in [-0.2, -0.15) is 0 Å². The van der Waals surface area contributed by atoms with Crippen molar-refractivity contribution in [3.63, 3.8) is 0 Å². The van der Waals surface area contributed by atoms with Gasteiger partial charge in [-0.25, -0.2) is 9.18 Å². The van der Waals surface area contributed by atoms with Gasteiger partial charge >= 0.3 is 5.97 Å². The van der Waals surface area contributed by atoms with Crippen LogP contribution in [0.1, 0.15) is 18.9 Å². The zero-order chi connectivity index (χ0) is 12.3. The lowest BCUT2D eigenvalue weighted by Gasteiger charge is -2.07. The molecule has 0 amide bonds. The van der Waals surface area contributed by atoms with E-state index in [1.54, 1.807) is 12.1 Å². The molecule has 1 aliphatic heterocycles. The fraction of sp³-hybridized carbons (Fsp3) is 0.308. The Kier molecular flexibility index (Phi) is 3.42. The van der Waals surface area contributed by atoms with Gasteiger partial charge in [-0.1, -0.05) is 13.0 Å². The molecule has 0 fully saturated rings. The van der Waals surface area contributed by atoms with Crippen molar-refractivity contribution in [3.05, 3.63) is 35.7 Å². The molecule has 4 heteroatoms. The van der Waals surface area contributed by atoms with E-state index in [4.69, 9.17) is 9.47 Å². The number of carbonyl (C=O) groups excluding carboxylic acids is 1. The minimum atomic E-state index is -0.462. The van der Waals surface area contributed by atoms with Crippen molar-refractivity contribution in [2.45, 2.75) is 13.3 Å². The van der Waals surface area contributed by atoms with Crippen LogP contribution in [-0.4, -0.2) is 19.2 Å². The molecule has 17 heavy (non-hydrogen) atoms. The predicted molar refractivity (Wildman–Crippen MR) is 61.1 cm³/mol. The lowest BCUT2D eigenvalue weighted by molar-refractivity contribution is -0.133. The molecule has 0 aliphatic carbocycles. The van der Waals surface area contributed by atoms with Gasteiger partial charge in [0.25, 0.3) is 0 Å². The number of halogens is 1. The Bertz CT molecular complexity index is 466. The van der Waals surface area contributed by atoms with Crippen LogP contribution in [-0.2, 0) is 9.53 Å². The van der Waals surface area contributed by atoms with E-state index in [9.17, 15) is 9.18 Å². The Hall–Kier alpha value is -1.84. The first-order valence-electron chi connectivity index (χ1n) is 5.52. The number of hydrogen-bond acceptors (Lipinski definition) is 3. The second-order valence-corrected chi connectivity index (χ2v) is 3.71. The number of ether oxygens (including phenoxy) is 2. The van der Waals surface area contributed by atoms with Gasteiger partial charge in [-0.15, -0.1) is 0 Å². The Balaban J connectivity index is 2.21. The first-order valence-corrected chi connectivity index (χ1v) is 5.52. The topological polar surface area (TPSA) is 35.5 Å². The van der Waals surface area contributed by atoms with Gasteiger partial charge in [0.05, 0.1) is 12.2 Å². The van der Waals surface area contributed by atoms with Crippen molar-refractivity contribution in [2.24, 2.45) is 0 Å². The molecule has 1 heterocycles. The normalized spacial score (nSPS) is 14.5. The summed E-state index contributed by atoms with van der Waals surface area (Å²) in [5.74, 6) is -0.661. The van der Waals surface area contributed by atoms with E-state index in [1.165, 1.54) is 12.1 Å². The average molecular weight is 236 g/mol. The van der Waals surface area contributed by atoms with Gasteiger partial charge < -0.3 is 9.47 Å². The zero-order valence-electron chi connectivity index (χ0n) is 9.53. The van der Waals surface area contributed by atoms with Crippen LogP contribution < -0.4 is 4.74 Å². The molecule has 2 rings (SSSR count). The minimum Gasteiger partial charge on any atom is -0.491 e. The van der Waals surface area contributed by atoms with E-state index < -0.39 is 11.8 Å². The highest BCUT2D eigenvalue weighted by atomic mass is 19.1. The summed E-state index contributed by atoms with van der Waals surface area (Å²) >= 11 is 0. The third-order valence-corrected chi connectivity index (χ3v) is 2.43. The smallest absolute Gasteiger partial charge is 0.338 e. The maximum Gasteiger partial charge on any atom is 0.338 e. The van der Waals surface area contributed by atoms with E-state index in [0.29, 0.717) is 17.7 Å². The molecule has 0 aromatic heterocycles. The molecule has 90 valence electrons. The first-order chi connectivity index (χ1) is 8.22. The average Bonchev–Trinajstić information content (AvgIpc) is 2.74. The predicted octanol–water partition coefficient (Wildman–Crippen LogP) is 2.55. The number of benzene rings is 1. The lowest BCUT2D eigenvalue weighted by atomic mass is 10.1. The number of esters is 1. The van der Waals surface area contributed by atoms with Crippen LogP contribution in [0.15, 0.2) is 24.3 Å². The Morgan fingerprint density at radius 2 is 2.29 bits per heavy atom. The zero-order valence-corrected chi connectivity index (χ0v) is 9.53. The maximum absolute atomic E-state index is 13.6. The lowest BCUT2D eigenvalue weighted by Crippen LogP contribution is -2.01. The summed E-state index contributed by atoms with van der Waals surface area (Å²) in [5.41, 5.74) is 0.930. The van der Waals surface area contributed by atoms with Crippen LogP contribution in [0.5, 0.6) is 5.75 Å². The van der Waals surface area contributed by atoms with Crippen LogP contribution in [0.2, 0.25) is 0 Å². The van der Waals surface area contributed by atoms with Crippen molar-refractivity contribution >= 4 is 11.5 Å². The molecule has 0 bridgehead atoms. The molecule has 0 saturated heterocycles. The highest BCUT2D eigenvalue weighted by Gasteiger charge is 2.19. The van der Waals surface area contributed by atoms with Crippen LogP contribution in [0.3, 0.4) is 0 Å². The summed E-state index contributed by atoms with van der Waals surface area (Å²) in [7, 11) is 0. The molecule has 1 aromatic rings. The molecule has 1 aromatic carbocycles. The van der Waals surface area contributed by atoms with E-state index in [0.717, 1.165) is 6.42 Å². The molecule has 0 atom stereocenters. The highest BCUT2D eigenvalue weighted by Crippen LogP contribution is 2.25. The SMILES string of the molecule is CCCOc1ccc(C2=CCOC2=O)cc1F. The van der Waals surface area contributed by atoms with E-state index in [1.807, 2.05) is 6.92 Å². The molecular weight excluding hydrogens is 223 g/mol. The fourth-order valence-corrected chi connectivity index (χ4v) is 1.59. The van der Waals surface area contributed by atoms with Gasteiger partial charge in [-0.3, -0.25) is 0 Å². The van der Waals surface area contributed by atoms with Gasteiger partial charge in [-0.05, 0) is 30.2 Å². The molecular formula is C13H13FO3.